The number of benzene rings is 1. The highest BCUT2D eigenvalue weighted by Gasteiger charge is 2.17. The highest BCUT2D eigenvalue weighted by atomic mass is 32.2. The standard InChI is InChI=1S/C17H22N4S/c1-20(2)17-18-9-13(10-19-17)11-21-7-6-14-8-16(22-3)5-4-15(14)12-21/h4-5,8-10H,6-7,11-12H2,1-3H3. The first-order chi connectivity index (χ1) is 10.7. The number of anilines is 1. The van der Waals surface area contributed by atoms with Gasteiger partial charge in [-0.15, -0.1) is 11.8 Å². The van der Waals surface area contributed by atoms with E-state index in [1.165, 1.54) is 21.6 Å². The van der Waals surface area contributed by atoms with E-state index in [9.17, 15) is 0 Å². The molecule has 1 aromatic carbocycles. The zero-order valence-electron chi connectivity index (χ0n) is 13.4. The largest absolute Gasteiger partial charge is 0.347 e. The van der Waals surface area contributed by atoms with E-state index in [1.54, 1.807) is 0 Å². The summed E-state index contributed by atoms with van der Waals surface area (Å²) < 4.78 is 0. The molecule has 2 aromatic rings. The Morgan fingerprint density at radius 1 is 1.18 bits per heavy atom. The van der Waals surface area contributed by atoms with Gasteiger partial charge >= 0.3 is 0 Å². The van der Waals surface area contributed by atoms with Gasteiger partial charge in [-0.1, -0.05) is 6.07 Å². The minimum atomic E-state index is 0.761. The Labute approximate surface area is 136 Å². The van der Waals surface area contributed by atoms with Crippen LogP contribution in [0, 0.1) is 0 Å². The molecule has 1 aliphatic rings. The molecule has 0 saturated carbocycles. The molecule has 0 aliphatic carbocycles. The SMILES string of the molecule is CSc1ccc2c(c1)CCN(Cc1cnc(N(C)C)nc1)C2. The Bertz CT molecular complexity index is 640. The fraction of sp³-hybridized carbons (Fsp3) is 0.412. The van der Waals surface area contributed by atoms with E-state index in [4.69, 9.17) is 0 Å². The molecule has 0 amide bonds. The van der Waals surface area contributed by atoms with Gasteiger partial charge in [0.2, 0.25) is 5.95 Å². The maximum atomic E-state index is 4.40. The minimum absolute atomic E-state index is 0.761. The molecule has 3 rings (SSSR count). The van der Waals surface area contributed by atoms with Gasteiger partial charge in [0.1, 0.15) is 0 Å². The number of hydrogen-bond donors (Lipinski definition) is 0. The molecule has 0 spiro atoms. The highest BCUT2D eigenvalue weighted by Crippen LogP contribution is 2.25. The van der Waals surface area contributed by atoms with Gasteiger partial charge in [-0.2, -0.15) is 0 Å². The number of aromatic nitrogens is 2. The molecule has 0 N–H and O–H groups in total. The summed E-state index contributed by atoms with van der Waals surface area (Å²) in [7, 11) is 3.92. The number of nitrogens with zero attached hydrogens (tertiary/aromatic N) is 4. The predicted molar refractivity (Wildman–Crippen MR) is 92.4 cm³/mol. The molecule has 5 heteroatoms. The molecule has 116 valence electrons. The molecule has 0 unspecified atom stereocenters. The van der Waals surface area contributed by atoms with Gasteiger partial charge in [0.25, 0.3) is 0 Å². The van der Waals surface area contributed by atoms with Gasteiger partial charge in [0.15, 0.2) is 0 Å². The van der Waals surface area contributed by atoms with Crippen molar-refractivity contribution in [3.8, 4) is 0 Å². The summed E-state index contributed by atoms with van der Waals surface area (Å²) in [5.74, 6) is 0.761. The van der Waals surface area contributed by atoms with Crippen molar-refractivity contribution in [3.05, 3.63) is 47.3 Å². The molecular formula is C17H22N4S. The summed E-state index contributed by atoms with van der Waals surface area (Å²) in [4.78, 5) is 14.5. The lowest BCUT2D eigenvalue weighted by Gasteiger charge is -2.29. The van der Waals surface area contributed by atoms with Crippen molar-refractivity contribution in [2.75, 3.05) is 31.8 Å². The second kappa shape index (κ2) is 6.67. The Hall–Kier alpha value is -1.59. The van der Waals surface area contributed by atoms with Crippen LogP contribution in [0.5, 0.6) is 0 Å². The van der Waals surface area contributed by atoms with E-state index in [0.29, 0.717) is 0 Å². The predicted octanol–water partition coefficient (Wildman–Crippen LogP) is 2.82. The maximum absolute atomic E-state index is 4.40. The lowest BCUT2D eigenvalue weighted by atomic mass is 9.99. The summed E-state index contributed by atoms with van der Waals surface area (Å²) in [5.41, 5.74) is 4.13. The fourth-order valence-electron chi connectivity index (χ4n) is 2.77. The Morgan fingerprint density at radius 2 is 1.95 bits per heavy atom. The molecule has 22 heavy (non-hydrogen) atoms. The fourth-order valence-corrected chi connectivity index (χ4v) is 3.23. The van der Waals surface area contributed by atoms with E-state index in [2.05, 4.69) is 39.3 Å². The molecular weight excluding hydrogens is 292 g/mol. The van der Waals surface area contributed by atoms with Crippen molar-refractivity contribution in [1.82, 2.24) is 14.9 Å². The Balaban J connectivity index is 1.67. The molecule has 1 aliphatic heterocycles. The van der Waals surface area contributed by atoms with Gasteiger partial charge in [0, 0.05) is 56.6 Å². The van der Waals surface area contributed by atoms with Crippen LogP contribution >= 0.6 is 11.8 Å². The molecule has 4 nitrogen and oxygen atoms in total. The van der Waals surface area contributed by atoms with Crippen molar-refractivity contribution in [3.63, 3.8) is 0 Å². The lowest BCUT2D eigenvalue weighted by Crippen LogP contribution is -2.30. The first-order valence-electron chi connectivity index (χ1n) is 7.52. The van der Waals surface area contributed by atoms with Crippen LogP contribution in [-0.2, 0) is 19.5 Å². The zero-order valence-corrected chi connectivity index (χ0v) is 14.2. The van der Waals surface area contributed by atoms with E-state index in [1.807, 2.05) is 43.2 Å². The van der Waals surface area contributed by atoms with Crippen molar-refractivity contribution >= 4 is 17.7 Å². The van der Waals surface area contributed by atoms with Crippen LogP contribution in [0.1, 0.15) is 16.7 Å². The van der Waals surface area contributed by atoms with Crippen LogP contribution < -0.4 is 4.90 Å². The Morgan fingerprint density at radius 3 is 2.64 bits per heavy atom. The summed E-state index contributed by atoms with van der Waals surface area (Å²) in [6.45, 7) is 3.02. The quantitative estimate of drug-likeness (QED) is 0.810. The van der Waals surface area contributed by atoms with Gasteiger partial charge in [0.05, 0.1) is 0 Å². The van der Waals surface area contributed by atoms with Gasteiger partial charge < -0.3 is 4.90 Å². The second-order valence-electron chi connectivity index (χ2n) is 5.88. The van der Waals surface area contributed by atoms with Crippen LogP contribution in [0.25, 0.3) is 0 Å². The number of fused-ring (bicyclic) bond motifs is 1. The normalized spacial score (nSPS) is 14.7. The average Bonchev–Trinajstić information content (AvgIpc) is 2.55. The highest BCUT2D eigenvalue weighted by molar-refractivity contribution is 7.98. The molecule has 2 heterocycles. The van der Waals surface area contributed by atoms with Crippen molar-refractivity contribution in [2.24, 2.45) is 0 Å². The van der Waals surface area contributed by atoms with Crippen molar-refractivity contribution in [2.45, 2.75) is 24.4 Å². The van der Waals surface area contributed by atoms with Crippen molar-refractivity contribution < 1.29 is 0 Å². The second-order valence-corrected chi connectivity index (χ2v) is 6.76. The third-order valence-corrected chi connectivity index (χ3v) is 4.73. The van der Waals surface area contributed by atoms with Gasteiger partial charge in [-0.05, 0) is 35.9 Å². The molecule has 0 fully saturated rings. The number of thioether (sulfide) groups is 1. The first-order valence-corrected chi connectivity index (χ1v) is 8.74. The molecule has 0 atom stereocenters. The third-order valence-electron chi connectivity index (χ3n) is 4.00. The Kier molecular flexibility index (Phi) is 4.64. The van der Waals surface area contributed by atoms with Crippen LogP contribution in [-0.4, -0.2) is 41.8 Å². The molecule has 0 bridgehead atoms. The lowest BCUT2D eigenvalue weighted by molar-refractivity contribution is 0.245. The van der Waals surface area contributed by atoms with Gasteiger partial charge in [-0.3, -0.25) is 4.90 Å². The number of hydrogen-bond acceptors (Lipinski definition) is 5. The molecule has 0 saturated heterocycles. The van der Waals surface area contributed by atoms with E-state index in [0.717, 1.165) is 32.0 Å². The van der Waals surface area contributed by atoms with Crippen LogP contribution in [0.4, 0.5) is 5.95 Å². The maximum Gasteiger partial charge on any atom is 0.224 e. The summed E-state index contributed by atoms with van der Waals surface area (Å²) in [6, 6.07) is 6.84. The molecule has 1 aromatic heterocycles. The molecule has 0 radical (unpaired) electrons. The first kappa shape index (κ1) is 15.3. The average molecular weight is 314 g/mol. The zero-order chi connectivity index (χ0) is 15.5. The van der Waals surface area contributed by atoms with Crippen LogP contribution in [0.3, 0.4) is 0 Å². The minimum Gasteiger partial charge on any atom is -0.347 e. The van der Waals surface area contributed by atoms with Crippen LogP contribution in [0.15, 0.2) is 35.5 Å². The van der Waals surface area contributed by atoms with Crippen molar-refractivity contribution in [1.29, 1.82) is 0 Å². The van der Waals surface area contributed by atoms with E-state index in [-0.39, 0.29) is 0 Å². The topological polar surface area (TPSA) is 32.3 Å². The third kappa shape index (κ3) is 3.42. The van der Waals surface area contributed by atoms with E-state index >= 15 is 0 Å². The van der Waals surface area contributed by atoms with Gasteiger partial charge in [-0.25, -0.2) is 9.97 Å². The van der Waals surface area contributed by atoms with E-state index < -0.39 is 0 Å². The monoisotopic (exact) mass is 314 g/mol. The number of rotatable bonds is 4. The van der Waals surface area contributed by atoms with Crippen LogP contribution in [0.2, 0.25) is 0 Å². The summed E-state index contributed by atoms with van der Waals surface area (Å²) in [5, 5.41) is 0. The summed E-state index contributed by atoms with van der Waals surface area (Å²) >= 11 is 1.81. The smallest absolute Gasteiger partial charge is 0.224 e. The summed E-state index contributed by atoms with van der Waals surface area (Å²) in [6.07, 6.45) is 7.14.